The number of hydrogen-bond donors (Lipinski definition) is 1. The number of aryl methyl sites for hydroxylation is 1. The van der Waals surface area contributed by atoms with Crippen molar-refractivity contribution in [3.63, 3.8) is 0 Å². The molecule has 0 radical (unpaired) electrons. The highest BCUT2D eigenvalue weighted by Crippen LogP contribution is 2.27. The van der Waals surface area contributed by atoms with E-state index in [1.807, 2.05) is 41.3 Å². The third-order valence-corrected chi connectivity index (χ3v) is 5.34. The molecule has 2 atom stereocenters. The van der Waals surface area contributed by atoms with E-state index in [9.17, 15) is 18.3 Å². The Labute approximate surface area is 166 Å². The van der Waals surface area contributed by atoms with E-state index in [-0.39, 0.29) is 5.92 Å². The van der Waals surface area contributed by atoms with Gasteiger partial charge >= 0.3 is 6.18 Å². The summed E-state index contributed by atoms with van der Waals surface area (Å²) in [4.78, 5) is 13.7. The molecule has 2 aromatic heterocycles. The van der Waals surface area contributed by atoms with Crippen LogP contribution in [-0.4, -0.2) is 44.2 Å². The van der Waals surface area contributed by atoms with Gasteiger partial charge < -0.3 is 5.11 Å². The first-order valence-corrected chi connectivity index (χ1v) is 9.44. The van der Waals surface area contributed by atoms with E-state index in [4.69, 9.17) is 0 Å². The maximum atomic E-state index is 12.7. The number of para-hydroxylation sites is 1. The van der Waals surface area contributed by atoms with Gasteiger partial charge in [-0.25, -0.2) is 9.97 Å². The van der Waals surface area contributed by atoms with Crippen LogP contribution in [0.25, 0.3) is 10.9 Å². The largest absolute Gasteiger partial charge is 0.451 e. The van der Waals surface area contributed by atoms with Gasteiger partial charge in [0.1, 0.15) is 0 Å². The Balaban J connectivity index is 1.43. The van der Waals surface area contributed by atoms with E-state index >= 15 is 0 Å². The number of halogens is 3. The molecule has 3 aromatic rings. The fraction of sp³-hybridized carbons (Fsp3) is 0.381. The molecule has 1 N–H and O–H groups in total. The fourth-order valence-corrected chi connectivity index (χ4v) is 3.79. The van der Waals surface area contributed by atoms with E-state index in [0.717, 1.165) is 16.6 Å². The van der Waals surface area contributed by atoms with Gasteiger partial charge in [-0.2, -0.15) is 13.2 Å². The van der Waals surface area contributed by atoms with Crippen LogP contribution in [0.5, 0.6) is 0 Å². The van der Waals surface area contributed by atoms with Crippen molar-refractivity contribution in [3.05, 3.63) is 65.4 Å². The molecule has 4 rings (SSSR count). The third kappa shape index (κ3) is 4.38. The number of nitrogens with zero attached hydrogens (tertiary/aromatic N) is 4. The van der Waals surface area contributed by atoms with Crippen LogP contribution in [0, 0.1) is 12.8 Å². The third-order valence-electron chi connectivity index (χ3n) is 5.34. The maximum Gasteiger partial charge on any atom is 0.451 e. The number of likely N-dealkylation sites (tertiary alicyclic amines) is 1. The summed E-state index contributed by atoms with van der Waals surface area (Å²) < 4.78 is 38.2. The van der Waals surface area contributed by atoms with E-state index in [1.54, 1.807) is 6.92 Å². The molecule has 1 fully saturated rings. The molecule has 29 heavy (non-hydrogen) atoms. The molecule has 0 unspecified atom stereocenters. The number of hydrogen-bond acceptors (Lipinski definition) is 5. The van der Waals surface area contributed by atoms with Crippen LogP contribution in [-0.2, 0) is 19.1 Å². The second-order valence-corrected chi connectivity index (χ2v) is 7.52. The molecule has 1 aliphatic heterocycles. The van der Waals surface area contributed by atoms with Gasteiger partial charge in [0.2, 0.25) is 5.82 Å². The van der Waals surface area contributed by atoms with Gasteiger partial charge in [0.25, 0.3) is 0 Å². The minimum absolute atomic E-state index is 0.0133. The summed E-state index contributed by atoms with van der Waals surface area (Å²) in [5.41, 5.74) is 2.78. The standard InChI is InChI=1S/C21H21F3N4O/c1-13-16(9-25-20(26-13)21(22,23)24)11-28-10-15(19(29)12-28)8-17-7-6-14-4-2-3-5-18(14)27-17/h2-7,9,15,19,29H,8,10-12H2,1H3/t15-,19-/m1/s1. The molecule has 0 aliphatic carbocycles. The number of fused-ring (bicyclic) bond motifs is 1. The molecule has 152 valence electrons. The summed E-state index contributed by atoms with van der Waals surface area (Å²) in [5, 5.41) is 11.6. The molecular weight excluding hydrogens is 381 g/mol. The molecule has 0 bridgehead atoms. The topological polar surface area (TPSA) is 62.1 Å². The zero-order chi connectivity index (χ0) is 20.6. The van der Waals surface area contributed by atoms with Crippen molar-refractivity contribution < 1.29 is 18.3 Å². The first-order valence-electron chi connectivity index (χ1n) is 9.44. The van der Waals surface area contributed by atoms with Crippen LogP contribution < -0.4 is 0 Å². The quantitative estimate of drug-likeness (QED) is 0.725. The Kier molecular flexibility index (Phi) is 5.23. The lowest BCUT2D eigenvalue weighted by atomic mass is 9.99. The molecule has 3 heterocycles. The van der Waals surface area contributed by atoms with Gasteiger partial charge in [-0.15, -0.1) is 0 Å². The zero-order valence-electron chi connectivity index (χ0n) is 15.9. The van der Waals surface area contributed by atoms with Crippen LogP contribution in [0.15, 0.2) is 42.6 Å². The second kappa shape index (κ2) is 7.68. The van der Waals surface area contributed by atoms with E-state index in [1.165, 1.54) is 6.20 Å². The van der Waals surface area contributed by atoms with Crippen molar-refractivity contribution in [2.75, 3.05) is 13.1 Å². The van der Waals surface area contributed by atoms with Gasteiger partial charge in [0.05, 0.1) is 11.6 Å². The Bertz CT molecular complexity index is 1020. The molecule has 0 amide bonds. The summed E-state index contributed by atoms with van der Waals surface area (Å²) >= 11 is 0. The zero-order valence-corrected chi connectivity index (χ0v) is 15.9. The highest BCUT2D eigenvalue weighted by atomic mass is 19.4. The van der Waals surface area contributed by atoms with E-state index in [2.05, 4.69) is 15.0 Å². The number of aliphatic hydroxyl groups excluding tert-OH is 1. The van der Waals surface area contributed by atoms with E-state index in [0.29, 0.717) is 37.3 Å². The number of aliphatic hydroxyl groups is 1. The summed E-state index contributed by atoms with van der Waals surface area (Å²) in [5.74, 6) is -1.11. The predicted molar refractivity (Wildman–Crippen MR) is 102 cm³/mol. The van der Waals surface area contributed by atoms with Crippen LogP contribution in [0.1, 0.15) is 22.8 Å². The van der Waals surface area contributed by atoms with Crippen molar-refractivity contribution >= 4 is 10.9 Å². The summed E-state index contributed by atoms with van der Waals surface area (Å²) in [6.07, 6.45) is -3.19. The minimum atomic E-state index is -4.55. The summed E-state index contributed by atoms with van der Waals surface area (Å²) in [7, 11) is 0. The Morgan fingerprint density at radius 3 is 2.66 bits per heavy atom. The van der Waals surface area contributed by atoms with E-state index < -0.39 is 18.1 Å². The average molecular weight is 402 g/mol. The Morgan fingerprint density at radius 2 is 1.90 bits per heavy atom. The summed E-state index contributed by atoms with van der Waals surface area (Å²) in [6, 6.07) is 11.9. The molecule has 1 aromatic carbocycles. The predicted octanol–water partition coefficient (Wildman–Crippen LogP) is 3.39. The number of benzene rings is 1. The SMILES string of the molecule is Cc1nc(C(F)(F)F)ncc1CN1C[C@@H](Cc2ccc3ccccc3n2)[C@H](O)C1. The fourth-order valence-electron chi connectivity index (χ4n) is 3.79. The molecule has 8 heteroatoms. The number of alkyl halides is 3. The van der Waals surface area contributed by atoms with Gasteiger partial charge in [-0.3, -0.25) is 9.88 Å². The highest BCUT2D eigenvalue weighted by Gasteiger charge is 2.35. The van der Waals surface area contributed by atoms with Crippen LogP contribution in [0.4, 0.5) is 13.2 Å². The van der Waals surface area contributed by atoms with Gasteiger partial charge in [0, 0.05) is 54.1 Å². The average Bonchev–Trinajstić information content (AvgIpc) is 3.01. The lowest BCUT2D eigenvalue weighted by molar-refractivity contribution is -0.145. The molecule has 1 aliphatic rings. The van der Waals surface area contributed by atoms with Crippen molar-refractivity contribution in [2.24, 2.45) is 5.92 Å². The normalized spacial score (nSPS) is 20.4. The number of rotatable bonds is 4. The summed E-state index contributed by atoms with van der Waals surface area (Å²) in [6.45, 7) is 3.05. The Hall–Kier alpha value is -2.58. The van der Waals surface area contributed by atoms with Crippen molar-refractivity contribution in [3.8, 4) is 0 Å². The monoisotopic (exact) mass is 402 g/mol. The number of pyridine rings is 1. The first kappa shape index (κ1) is 19.7. The first-order chi connectivity index (χ1) is 13.8. The lowest BCUT2D eigenvalue weighted by Crippen LogP contribution is -2.23. The number of aromatic nitrogens is 3. The molecule has 0 saturated carbocycles. The maximum absolute atomic E-state index is 12.7. The number of β-amino-alcohol motifs (C(OH)–C–C–N with tert-alkyl or cyclic N) is 1. The smallest absolute Gasteiger partial charge is 0.391 e. The second-order valence-electron chi connectivity index (χ2n) is 7.52. The van der Waals surface area contributed by atoms with Crippen LogP contribution in [0.3, 0.4) is 0 Å². The minimum Gasteiger partial charge on any atom is -0.391 e. The van der Waals surface area contributed by atoms with Gasteiger partial charge in [-0.05, 0) is 25.5 Å². The van der Waals surface area contributed by atoms with Gasteiger partial charge in [-0.1, -0.05) is 24.3 Å². The van der Waals surface area contributed by atoms with Crippen molar-refractivity contribution in [1.82, 2.24) is 19.9 Å². The Morgan fingerprint density at radius 1 is 1.10 bits per heavy atom. The van der Waals surface area contributed by atoms with Crippen LogP contribution >= 0.6 is 0 Å². The van der Waals surface area contributed by atoms with Crippen molar-refractivity contribution in [2.45, 2.75) is 32.2 Å². The molecular formula is C21H21F3N4O. The van der Waals surface area contributed by atoms with Crippen molar-refractivity contribution in [1.29, 1.82) is 0 Å². The molecule has 5 nitrogen and oxygen atoms in total. The van der Waals surface area contributed by atoms with Crippen LogP contribution in [0.2, 0.25) is 0 Å². The molecule has 0 spiro atoms. The highest BCUT2D eigenvalue weighted by molar-refractivity contribution is 5.78. The molecule has 1 saturated heterocycles. The lowest BCUT2D eigenvalue weighted by Gasteiger charge is -2.17. The van der Waals surface area contributed by atoms with Gasteiger partial charge in [0.15, 0.2) is 0 Å².